The van der Waals surface area contributed by atoms with Crippen molar-refractivity contribution in [1.82, 2.24) is 4.90 Å². The van der Waals surface area contributed by atoms with Gasteiger partial charge in [-0.3, -0.25) is 4.79 Å². The maximum Gasteiger partial charge on any atom is 0.331 e. The first kappa shape index (κ1) is 16.3. The molecule has 0 saturated heterocycles. The van der Waals surface area contributed by atoms with Crippen LogP contribution in [0.5, 0.6) is 5.75 Å². The van der Waals surface area contributed by atoms with Crippen molar-refractivity contribution in [3.8, 4) is 5.75 Å². The van der Waals surface area contributed by atoms with Crippen molar-refractivity contribution in [3.05, 3.63) is 28.8 Å². The van der Waals surface area contributed by atoms with E-state index in [-0.39, 0.29) is 11.9 Å². The van der Waals surface area contributed by atoms with E-state index in [4.69, 9.17) is 16.3 Å². The van der Waals surface area contributed by atoms with Crippen molar-refractivity contribution in [2.45, 2.75) is 32.9 Å². The van der Waals surface area contributed by atoms with Gasteiger partial charge in [0.25, 0.3) is 0 Å². The van der Waals surface area contributed by atoms with Crippen molar-refractivity contribution >= 4 is 23.5 Å². The number of benzene rings is 1. The summed E-state index contributed by atoms with van der Waals surface area (Å²) in [4.78, 5) is 24.6. The predicted molar refractivity (Wildman–Crippen MR) is 76.0 cm³/mol. The first-order chi connectivity index (χ1) is 9.29. The molecule has 1 amide bonds. The quantitative estimate of drug-likeness (QED) is 0.908. The molecule has 0 aliphatic heterocycles. The maximum absolute atomic E-state index is 11.7. The fourth-order valence-electron chi connectivity index (χ4n) is 2.12. The van der Waals surface area contributed by atoms with Crippen LogP contribution in [0.2, 0.25) is 5.02 Å². The van der Waals surface area contributed by atoms with E-state index in [1.165, 1.54) is 25.0 Å². The molecular weight excluding hydrogens is 282 g/mol. The number of rotatable bonds is 5. The number of halogens is 1. The van der Waals surface area contributed by atoms with E-state index in [0.717, 1.165) is 0 Å². The Hall–Kier alpha value is -1.75. The minimum absolute atomic E-state index is 0.241. The van der Waals surface area contributed by atoms with E-state index >= 15 is 0 Å². The van der Waals surface area contributed by atoms with Crippen LogP contribution in [0.4, 0.5) is 0 Å². The van der Waals surface area contributed by atoms with Gasteiger partial charge in [-0.25, -0.2) is 4.79 Å². The monoisotopic (exact) mass is 299 g/mol. The average Bonchev–Trinajstić information content (AvgIpc) is 2.34. The molecule has 0 saturated carbocycles. The first-order valence-corrected chi connectivity index (χ1v) is 6.52. The van der Waals surface area contributed by atoms with Crippen LogP contribution in [0.3, 0.4) is 0 Å². The number of hydrogen-bond acceptors (Lipinski definition) is 3. The van der Waals surface area contributed by atoms with Gasteiger partial charge in [-0.05, 0) is 31.5 Å². The standard InChI is InChI=1S/C14H18ClNO4/c1-8(2)16(9(3)17)13(14(18)19)10-5-6-12(20-4)11(15)7-10/h5-8,13H,1-4H3,(H,18,19). The van der Waals surface area contributed by atoms with Gasteiger partial charge in [-0.2, -0.15) is 0 Å². The molecule has 0 aromatic heterocycles. The molecule has 1 atom stereocenters. The van der Waals surface area contributed by atoms with Crippen LogP contribution in [0.25, 0.3) is 0 Å². The Labute approximate surface area is 123 Å². The summed E-state index contributed by atoms with van der Waals surface area (Å²) in [6, 6.07) is 3.39. The molecule has 0 heterocycles. The maximum atomic E-state index is 11.7. The molecule has 0 spiro atoms. The second-order valence-corrected chi connectivity index (χ2v) is 5.06. The van der Waals surface area contributed by atoms with Gasteiger partial charge in [0.05, 0.1) is 12.1 Å². The summed E-state index contributed by atoms with van der Waals surface area (Å²) in [5, 5.41) is 9.75. The molecular formula is C14H18ClNO4. The van der Waals surface area contributed by atoms with Crippen LogP contribution in [0, 0.1) is 0 Å². The van der Waals surface area contributed by atoms with Crippen molar-refractivity contribution in [2.24, 2.45) is 0 Å². The molecule has 1 unspecified atom stereocenters. The van der Waals surface area contributed by atoms with Gasteiger partial charge < -0.3 is 14.7 Å². The lowest BCUT2D eigenvalue weighted by Crippen LogP contribution is -2.42. The fraction of sp³-hybridized carbons (Fsp3) is 0.429. The number of carboxylic acids is 1. The van der Waals surface area contributed by atoms with Crippen LogP contribution in [0.1, 0.15) is 32.4 Å². The molecule has 0 aliphatic carbocycles. The van der Waals surface area contributed by atoms with Crippen LogP contribution >= 0.6 is 11.6 Å². The summed E-state index contributed by atoms with van der Waals surface area (Å²) in [6.45, 7) is 4.88. The second-order valence-electron chi connectivity index (χ2n) is 4.65. The lowest BCUT2D eigenvalue weighted by atomic mass is 10.0. The van der Waals surface area contributed by atoms with Gasteiger partial charge in [-0.1, -0.05) is 17.7 Å². The second kappa shape index (κ2) is 6.61. The van der Waals surface area contributed by atoms with Gasteiger partial charge in [0.15, 0.2) is 6.04 Å². The highest BCUT2D eigenvalue weighted by atomic mass is 35.5. The van der Waals surface area contributed by atoms with Crippen molar-refractivity contribution in [2.75, 3.05) is 7.11 Å². The van der Waals surface area contributed by atoms with E-state index in [0.29, 0.717) is 16.3 Å². The lowest BCUT2D eigenvalue weighted by molar-refractivity contribution is -0.151. The highest BCUT2D eigenvalue weighted by molar-refractivity contribution is 6.32. The van der Waals surface area contributed by atoms with Crippen molar-refractivity contribution in [3.63, 3.8) is 0 Å². The third kappa shape index (κ3) is 3.42. The van der Waals surface area contributed by atoms with Crippen LogP contribution < -0.4 is 4.74 Å². The molecule has 110 valence electrons. The SMILES string of the molecule is COc1ccc(C(C(=O)O)N(C(C)=O)C(C)C)cc1Cl. The normalized spacial score (nSPS) is 12.1. The number of ether oxygens (including phenoxy) is 1. The topological polar surface area (TPSA) is 66.8 Å². The summed E-state index contributed by atoms with van der Waals surface area (Å²) in [6.07, 6.45) is 0. The van der Waals surface area contributed by atoms with Crippen LogP contribution in [-0.4, -0.2) is 35.0 Å². The molecule has 20 heavy (non-hydrogen) atoms. The number of carbonyl (C=O) groups excluding carboxylic acids is 1. The molecule has 0 bridgehead atoms. The van der Waals surface area contributed by atoms with Gasteiger partial charge in [0.1, 0.15) is 5.75 Å². The number of carboxylic acid groups (broad SMARTS) is 1. The minimum atomic E-state index is -1.10. The largest absolute Gasteiger partial charge is 0.495 e. The molecule has 1 N–H and O–H groups in total. The Morgan fingerprint density at radius 2 is 1.95 bits per heavy atom. The summed E-state index contributed by atoms with van der Waals surface area (Å²) < 4.78 is 5.04. The van der Waals surface area contributed by atoms with E-state index in [9.17, 15) is 14.7 Å². The summed E-state index contributed by atoms with van der Waals surface area (Å²) >= 11 is 6.02. The number of aliphatic carboxylic acids is 1. The third-order valence-corrected chi connectivity index (χ3v) is 3.22. The van der Waals surface area contributed by atoms with Crippen molar-refractivity contribution in [1.29, 1.82) is 0 Å². The fourth-order valence-corrected chi connectivity index (χ4v) is 2.38. The van der Waals surface area contributed by atoms with E-state index in [2.05, 4.69) is 0 Å². The zero-order chi connectivity index (χ0) is 15.4. The third-order valence-electron chi connectivity index (χ3n) is 2.92. The van der Waals surface area contributed by atoms with Crippen molar-refractivity contribution < 1.29 is 19.4 Å². The van der Waals surface area contributed by atoms with E-state index in [1.54, 1.807) is 26.0 Å². The van der Waals surface area contributed by atoms with Gasteiger partial charge in [0, 0.05) is 13.0 Å². The average molecular weight is 300 g/mol. The van der Waals surface area contributed by atoms with E-state index < -0.39 is 12.0 Å². The van der Waals surface area contributed by atoms with Crippen LogP contribution in [-0.2, 0) is 9.59 Å². The zero-order valence-corrected chi connectivity index (χ0v) is 12.6. The summed E-state index contributed by atoms with van der Waals surface area (Å²) in [7, 11) is 1.48. The molecule has 6 heteroatoms. The summed E-state index contributed by atoms with van der Waals surface area (Å²) in [5.74, 6) is -0.951. The first-order valence-electron chi connectivity index (χ1n) is 6.14. The van der Waals surface area contributed by atoms with E-state index in [1.807, 2.05) is 0 Å². The molecule has 0 radical (unpaired) electrons. The number of carbonyl (C=O) groups is 2. The molecule has 1 rings (SSSR count). The number of nitrogens with zero attached hydrogens (tertiary/aromatic N) is 1. The molecule has 0 aliphatic rings. The van der Waals surface area contributed by atoms with Gasteiger partial charge in [0.2, 0.25) is 5.91 Å². The Morgan fingerprint density at radius 3 is 2.30 bits per heavy atom. The Bertz CT molecular complexity index is 516. The Balaban J connectivity index is 3.30. The highest BCUT2D eigenvalue weighted by Crippen LogP contribution is 2.31. The Morgan fingerprint density at radius 1 is 1.35 bits per heavy atom. The number of hydrogen-bond donors (Lipinski definition) is 1. The lowest BCUT2D eigenvalue weighted by Gasteiger charge is -2.32. The minimum Gasteiger partial charge on any atom is -0.495 e. The van der Waals surface area contributed by atoms with Crippen LogP contribution in [0.15, 0.2) is 18.2 Å². The number of methoxy groups -OCH3 is 1. The molecule has 1 aromatic rings. The zero-order valence-electron chi connectivity index (χ0n) is 11.9. The molecule has 1 aromatic carbocycles. The smallest absolute Gasteiger partial charge is 0.331 e. The number of amides is 1. The van der Waals surface area contributed by atoms with Gasteiger partial charge >= 0.3 is 5.97 Å². The predicted octanol–water partition coefficient (Wildman–Crippen LogP) is 2.73. The summed E-state index contributed by atoms with van der Waals surface area (Å²) in [5.41, 5.74) is 0.437. The highest BCUT2D eigenvalue weighted by Gasteiger charge is 2.31. The molecule has 0 fully saturated rings. The molecule has 5 nitrogen and oxygen atoms in total. The van der Waals surface area contributed by atoms with Gasteiger partial charge in [-0.15, -0.1) is 0 Å². The Kier molecular flexibility index (Phi) is 5.39.